The van der Waals surface area contributed by atoms with Crippen molar-refractivity contribution >= 4 is 16.5 Å². The van der Waals surface area contributed by atoms with E-state index in [9.17, 15) is 14.0 Å². The number of halogens is 2. The van der Waals surface area contributed by atoms with Gasteiger partial charge in [-0.05, 0) is 36.4 Å². The van der Waals surface area contributed by atoms with E-state index in [-0.39, 0.29) is 12.8 Å². The zero-order chi connectivity index (χ0) is 22.1. The Morgan fingerprint density at radius 3 is 2.81 bits per heavy atom. The number of aromatic nitrogens is 2. The Bertz CT molecular complexity index is 1320. The standard InChI is InChI=1S/C23H22F2N4O3/c24-23(25)5-8-28(9-6-23)10-11-31-17-3-4-21-18(13-17)19(27-30)14-22(32-21)20-12-16-2-1-7-29(16)15-26-20/h1-4,7,12-15,30H,5-6,8-11H2/b27-19-. The smallest absolute Gasteiger partial charge is 0.250 e. The summed E-state index contributed by atoms with van der Waals surface area (Å²) in [6.45, 7) is 1.68. The van der Waals surface area contributed by atoms with E-state index in [1.54, 1.807) is 30.6 Å². The van der Waals surface area contributed by atoms with E-state index in [1.807, 2.05) is 33.7 Å². The first kappa shape index (κ1) is 20.4. The fraction of sp³-hybridized carbons (Fsp3) is 0.304. The predicted octanol–water partition coefficient (Wildman–Crippen LogP) is 4.15. The van der Waals surface area contributed by atoms with Crippen LogP contribution in [0.1, 0.15) is 12.8 Å². The van der Waals surface area contributed by atoms with Gasteiger partial charge >= 0.3 is 0 Å². The molecule has 9 heteroatoms. The van der Waals surface area contributed by atoms with Crippen LogP contribution in [0.25, 0.3) is 27.9 Å². The van der Waals surface area contributed by atoms with Crippen molar-refractivity contribution in [3.8, 4) is 17.2 Å². The molecule has 0 unspecified atom stereocenters. The quantitative estimate of drug-likeness (QED) is 0.373. The molecule has 1 saturated heterocycles. The first-order chi connectivity index (χ1) is 15.5. The molecule has 1 aliphatic rings. The van der Waals surface area contributed by atoms with Gasteiger partial charge in [0, 0.05) is 50.3 Å². The summed E-state index contributed by atoms with van der Waals surface area (Å²) < 4.78 is 40.3. The van der Waals surface area contributed by atoms with Crippen LogP contribution in [0.3, 0.4) is 0 Å². The molecule has 1 fully saturated rings. The van der Waals surface area contributed by atoms with Gasteiger partial charge in [-0.1, -0.05) is 5.16 Å². The van der Waals surface area contributed by atoms with Crippen molar-refractivity contribution in [2.45, 2.75) is 18.8 Å². The molecule has 0 saturated carbocycles. The highest BCUT2D eigenvalue weighted by molar-refractivity contribution is 5.80. The summed E-state index contributed by atoms with van der Waals surface area (Å²) >= 11 is 0. The van der Waals surface area contributed by atoms with E-state index in [0.717, 1.165) is 5.52 Å². The Morgan fingerprint density at radius 1 is 1.16 bits per heavy atom. The summed E-state index contributed by atoms with van der Waals surface area (Å²) in [5.74, 6) is -1.49. The average molecular weight is 440 g/mol. The van der Waals surface area contributed by atoms with E-state index >= 15 is 0 Å². The SMILES string of the molecule is O/N=c1/cc(-c2cc3cccn3cn2)oc2ccc(OCCN3CCC(F)(F)CC3)cc12. The van der Waals surface area contributed by atoms with Crippen LogP contribution in [-0.2, 0) is 0 Å². The van der Waals surface area contributed by atoms with Gasteiger partial charge in [-0.25, -0.2) is 13.8 Å². The summed E-state index contributed by atoms with van der Waals surface area (Å²) in [6.07, 6.45) is 3.38. The molecule has 32 heavy (non-hydrogen) atoms. The second-order valence-electron chi connectivity index (χ2n) is 7.91. The summed E-state index contributed by atoms with van der Waals surface area (Å²) in [7, 11) is 0. The fourth-order valence-corrected chi connectivity index (χ4v) is 3.91. The van der Waals surface area contributed by atoms with Crippen molar-refractivity contribution in [1.29, 1.82) is 0 Å². The Labute approximate surface area is 182 Å². The first-order valence-corrected chi connectivity index (χ1v) is 10.4. The predicted molar refractivity (Wildman–Crippen MR) is 114 cm³/mol. The minimum Gasteiger partial charge on any atom is -0.492 e. The molecule has 0 atom stereocenters. The first-order valence-electron chi connectivity index (χ1n) is 10.4. The molecule has 0 radical (unpaired) electrons. The molecule has 0 amide bonds. The van der Waals surface area contributed by atoms with Gasteiger partial charge in [-0.2, -0.15) is 0 Å². The maximum atomic E-state index is 13.3. The number of nitrogens with zero attached hydrogens (tertiary/aromatic N) is 4. The number of hydrogen-bond acceptors (Lipinski definition) is 6. The number of rotatable bonds is 5. The highest BCUT2D eigenvalue weighted by Crippen LogP contribution is 2.28. The highest BCUT2D eigenvalue weighted by atomic mass is 19.3. The molecule has 0 bridgehead atoms. The van der Waals surface area contributed by atoms with Crippen LogP contribution >= 0.6 is 0 Å². The van der Waals surface area contributed by atoms with Crippen molar-refractivity contribution in [2.75, 3.05) is 26.2 Å². The normalized spacial score (nSPS) is 17.2. The maximum Gasteiger partial charge on any atom is 0.250 e. The second kappa shape index (κ2) is 8.23. The van der Waals surface area contributed by atoms with Gasteiger partial charge in [0.1, 0.15) is 29.0 Å². The van der Waals surface area contributed by atoms with Gasteiger partial charge in [-0.3, -0.25) is 4.90 Å². The van der Waals surface area contributed by atoms with Gasteiger partial charge in [0.25, 0.3) is 5.92 Å². The zero-order valence-corrected chi connectivity index (χ0v) is 17.2. The minimum absolute atomic E-state index is 0.111. The zero-order valence-electron chi connectivity index (χ0n) is 17.2. The molecule has 166 valence electrons. The third kappa shape index (κ3) is 4.16. The third-order valence-electron chi connectivity index (χ3n) is 5.76. The second-order valence-corrected chi connectivity index (χ2v) is 7.91. The maximum absolute atomic E-state index is 13.3. The lowest BCUT2D eigenvalue weighted by molar-refractivity contribution is -0.0564. The van der Waals surface area contributed by atoms with Gasteiger partial charge in [0.15, 0.2) is 5.76 Å². The van der Waals surface area contributed by atoms with Crippen molar-refractivity contribution < 1.29 is 23.1 Å². The number of hydrogen-bond donors (Lipinski definition) is 1. The van der Waals surface area contributed by atoms with Crippen molar-refractivity contribution in [1.82, 2.24) is 14.3 Å². The van der Waals surface area contributed by atoms with Crippen LogP contribution < -0.4 is 10.1 Å². The van der Waals surface area contributed by atoms with E-state index in [0.29, 0.717) is 59.8 Å². The van der Waals surface area contributed by atoms with Crippen LogP contribution in [0.2, 0.25) is 0 Å². The van der Waals surface area contributed by atoms with Gasteiger partial charge in [0.05, 0.1) is 11.7 Å². The average Bonchev–Trinajstić information content (AvgIpc) is 3.27. The molecule has 1 aliphatic heterocycles. The van der Waals surface area contributed by atoms with E-state index in [1.165, 1.54) is 0 Å². The van der Waals surface area contributed by atoms with E-state index in [4.69, 9.17) is 9.15 Å². The van der Waals surface area contributed by atoms with E-state index in [2.05, 4.69) is 10.1 Å². The van der Waals surface area contributed by atoms with Crippen LogP contribution in [0.5, 0.6) is 5.75 Å². The Kier molecular flexibility index (Phi) is 5.26. The van der Waals surface area contributed by atoms with Gasteiger partial charge < -0.3 is 18.8 Å². The number of benzene rings is 1. The third-order valence-corrected chi connectivity index (χ3v) is 5.76. The largest absolute Gasteiger partial charge is 0.492 e. The highest BCUT2D eigenvalue weighted by Gasteiger charge is 2.33. The summed E-state index contributed by atoms with van der Waals surface area (Å²) in [5.41, 5.74) is 2.11. The number of fused-ring (bicyclic) bond motifs is 2. The molecule has 0 spiro atoms. The Hall–Kier alpha value is -3.46. The molecule has 3 aromatic heterocycles. The van der Waals surface area contributed by atoms with Crippen LogP contribution in [0, 0.1) is 0 Å². The van der Waals surface area contributed by atoms with Crippen molar-refractivity contribution in [3.63, 3.8) is 0 Å². The monoisotopic (exact) mass is 440 g/mol. The fourth-order valence-electron chi connectivity index (χ4n) is 3.91. The molecule has 7 nitrogen and oxygen atoms in total. The molecular weight excluding hydrogens is 418 g/mol. The van der Waals surface area contributed by atoms with Crippen LogP contribution in [0.15, 0.2) is 64.6 Å². The summed E-state index contributed by atoms with van der Waals surface area (Å²) in [5, 5.41) is 13.9. The molecule has 0 aliphatic carbocycles. The Balaban J connectivity index is 1.34. The lowest BCUT2D eigenvalue weighted by Crippen LogP contribution is -2.41. The van der Waals surface area contributed by atoms with Crippen molar-refractivity contribution in [3.05, 3.63) is 60.3 Å². The number of alkyl halides is 2. The van der Waals surface area contributed by atoms with Crippen LogP contribution in [-0.4, -0.2) is 51.7 Å². The number of ether oxygens (including phenoxy) is 1. The lowest BCUT2D eigenvalue weighted by atomic mass is 10.1. The Morgan fingerprint density at radius 2 is 2.00 bits per heavy atom. The molecule has 5 rings (SSSR count). The van der Waals surface area contributed by atoms with Gasteiger partial charge in [0.2, 0.25) is 0 Å². The summed E-state index contributed by atoms with van der Waals surface area (Å²) in [4.78, 5) is 6.39. The molecular formula is C23H22F2N4O3. The number of piperidine rings is 1. The lowest BCUT2D eigenvalue weighted by Gasteiger charge is -2.31. The molecule has 4 heterocycles. The minimum atomic E-state index is -2.55. The van der Waals surface area contributed by atoms with E-state index < -0.39 is 5.92 Å². The van der Waals surface area contributed by atoms with Gasteiger partial charge in [-0.15, -0.1) is 0 Å². The van der Waals surface area contributed by atoms with Crippen LogP contribution in [0.4, 0.5) is 8.78 Å². The molecule has 4 aromatic rings. The summed E-state index contributed by atoms with van der Waals surface area (Å²) in [6, 6.07) is 12.7. The molecule has 1 aromatic carbocycles. The molecule has 1 N–H and O–H groups in total. The number of likely N-dealkylation sites (tertiary alicyclic amines) is 1. The van der Waals surface area contributed by atoms with Crippen molar-refractivity contribution in [2.24, 2.45) is 5.16 Å². The topological polar surface area (TPSA) is 75.5 Å².